The largest absolute Gasteiger partial charge is 0.506 e. The lowest BCUT2D eigenvalue weighted by molar-refractivity contribution is 0.472. The van der Waals surface area contributed by atoms with Crippen LogP contribution in [0.1, 0.15) is 0 Å². The Balaban J connectivity index is 2.23. The van der Waals surface area contributed by atoms with Gasteiger partial charge in [-0.2, -0.15) is 0 Å². The van der Waals surface area contributed by atoms with Crippen molar-refractivity contribution in [1.82, 2.24) is 14.6 Å². The van der Waals surface area contributed by atoms with E-state index in [1.165, 1.54) is 0 Å². The molecule has 2 aromatic heterocycles. The Morgan fingerprint density at radius 1 is 1.00 bits per heavy atom. The Hall–Kier alpha value is -1.88. The molecule has 0 aliphatic heterocycles. The van der Waals surface area contributed by atoms with Crippen molar-refractivity contribution in [2.45, 2.75) is 0 Å². The zero-order valence-corrected chi connectivity index (χ0v) is 10.3. The molecule has 5 heteroatoms. The molecule has 0 saturated carbocycles. The van der Waals surface area contributed by atoms with E-state index in [1.54, 1.807) is 22.7 Å². The van der Waals surface area contributed by atoms with Crippen molar-refractivity contribution in [2.75, 3.05) is 0 Å². The van der Waals surface area contributed by atoms with Crippen molar-refractivity contribution < 1.29 is 5.11 Å². The maximum atomic E-state index is 9.48. The maximum absolute atomic E-state index is 9.48. The van der Waals surface area contributed by atoms with Crippen LogP contribution in [-0.4, -0.2) is 19.7 Å². The average molecular weight is 290 g/mol. The summed E-state index contributed by atoms with van der Waals surface area (Å²) in [6.07, 6.45) is 1.60. The fourth-order valence-electron chi connectivity index (χ4n) is 1.68. The third kappa shape index (κ3) is 1.78. The summed E-state index contributed by atoms with van der Waals surface area (Å²) in [5, 5.41) is 17.7. The molecule has 1 aromatic carbocycles. The predicted octanol–water partition coefficient (Wildman–Crippen LogP) is 2.86. The SMILES string of the molecule is Oc1ccc2nnc(-c3ccc(Br)cc3)n2c1. The summed E-state index contributed by atoms with van der Waals surface area (Å²) in [5.74, 6) is 0.902. The lowest BCUT2D eigenvalue weighted by Crippen LogP contribution is -1.88. The lowest BCUT2D eigenvalue weighted by atomic mass is 10.2. The highest BCUT2D eigenvalue weighted by Gasteiger charge is 2.07. The molecule has 1 N–H and O–H groups in total. The highest BCUT2D eigenvalue weighted by molar-refractivity contribution is 9.10. The molecule has 0 unspecified atom stereocenters. The molecule has 2 heterocycles. The van der Waals surface area contributed by atoms with Gasteiger partial charge in [-0.25, -0.2) is 0 Å². The highest BCUT2D eigenvalue weighted by atomic mass is 79.9. The molecule has 0 amide bonds. The number of fused-ring (bicyclic) bond motifs is 1. The first-order chi connectivity index (χ1) is 8.24. The van der Waals surface area contributed by atoms with Crippen LogP contribution < -0.4 is 0 Å². The van der Waals surface area contributed by atoms with Gasteiger partial charge in [0.25, 0.3) is 0 Å². The summed E-state index contributed by atoms with van der Waals surface area (Å²) in [4.78, 5) is 0. The Kier molecular flexibility index (Phi) is 2.33. The second-order valence-electron chi connectivity index (χ2n) is 3.65. The van der Waals surface area contributed by atoms with Gasteiger partial charge in [0.15, 0.2) is 11.5 Å². The highest BCUT2D eigenvalue weighted by Crippen LogP contribution is 2.22. The topological polar surface area (TPSA) is 50.4 Å². The van der Waals surface area contributed by atoms with Crippen LogP contribution in [-0.2, 0) is 0 Å². The second kappa shape index (κ2) is 3.85. The molecule has 0 bridgehead atoms. The van der Waals surface area contributed by atoms with E-state index in [4.69, 9.17) is 0 Å². The van der Waals surface area contributed by atoms with Crippen LogP contribution >= 0.6 is 15.9 Å². The van der Waals surface area contributed by atoms with Gasteiger partial charge in [-0.15, -0.1) is 10.2 Å². The van der Waals surface area contributed by atoms with E-state index in [1.807, 2.05) is 24.3 Å². The van der Waals surface area contributed by atoms with Gasteiger partial charge >= 0.3 is 0 Å². The van der Waals surface area contributed by atoms with Crippen molar-refractivity contribution in [3.05, 3.63) is 47.1 Å². The van der Waals surface area contributed by atoms with Crippen LogP contribution in [0.5, 0.6) is 5.75 Å². The van der Waals surface area contributed by atoms with Crippen molar-refractivity contribution in [3.63, 3.8) is 0 Å². The van der Waals surface area contributed by atoms with Gasteiger partial charge in [0.1, 0.15) is 5.75 Å². The molecular weight excluding hydrogens is 282 g/mol. The first kappa shape index (κ1) is 10.3. The smallest absolute Gasteiger partial charge is 0.168 e. The molecule has 0 fully saturated rings. The summed E-state index contributed by atoms with van der Waals surface area (Å²) in [6, 6.07) is 11.1. The standard InChI is InChI=1S/C12H8BrN3O/c13-9-3-1-8(2-4-9)12-15-14-11-6-5-10(17)7-16(11)12/h1-7,17H. The second-order valence-corrected chi connectivity index (χ2v) is 4.56. The number of aromatic nitrogens is 3. The summed E-state index contributed by atoms with van der Waals surface area (Å²) in [5.41, 5.74) is 1.66. The minimum atomic E-state index is 0.190. The van der Waals surface area contributed by atoms with Crippen LogP contribution in [0.25, 0.3) is 17.0 Å². The summed E-state index contributed by atoms with van der Waals surface area (Å²) in [6.45, 7) is 0. The number of halogens is 1. The number of hydrogen-bond donors (Lipinski definition) is 1. The maximum Gasteiger partial charge on any atom is 0.168 e. The third-order valence-corrected chi connectivity index (χ3v) is 3.02. The number of aromatic hydroxyl groups is 1. The van der Waals surface area contributed by atoms with Crippen LogP contribution in [0.15, 0.2) is 47.1 Å². The van der Waals surface area contributed by atoms with E-state index < -0.39 is 0 Å². The van der Waals surface area contributed by atoms with Crippen molar-refractivity contribution in [3.8, 4) is 17.1 Å². The monoisotopic (exact) mass is 289 g/mol. The number of hydrogen-bond acceptors (Lipinski definition) is 3. The fourth-order valence-corrected chi connectivity index (χ4v) is 1.94. The zero-order chi connectivity index (χ0) is 11.8. The molecule has 0 aliphatic carbocycles. The molecule has 4 nitrogen and oxygen atoms in total. The van der Waals surface area contributed by atoms with Crippen LogP contribution in [0, 0.1) is 0 Å². The van der Waals surface area contributed by atoms with Crippen LogP contribution in [0.2, 0.25) is 0 Å². The van der Waals surface area contributed by atoms with E-state index in [0.29, 0.717) is 11.5 Å². The Labute approximate surface area is 106 Å². The van der Waals surface area contributed by atoms with Crippen LogP contribution in [0.4, 0.5) is 0 Å². The number of rotatable bonds is 1. The van der Waals surface area contributed by atoms with Crippen LogP contribution in [0.3, 0.4) is 0 Å². The van der Waals surface area contributed by atoms with Gasteiger partial charge in [0, 0.05) is 10.0 Å². The van der Waals surface area contributed by atoms with Gasteiger partial charge in [0.2, 0.25) is 0 Å². The quantitative estimate of drug-likeness (QED) is 0.749. The van der Waals surface area contributed by atoms with E-state index in [-0.39, 0.29) is 5.75 Å². The molecule has 3 rings (SSSR count). The Bertz CT molecular complexity index is 676. The molecule has 0 atom stereocenters. The molecule has 84 valence electrons. The average Bonchev–Trinajstić information content (AvgIpc) is 2.73. The van der Waals surface area contributed by atoms with Gasteiger partial charge in [-0.3, -0.25) is 4.40 Å². The number of pyridine rings is 1. The normalized spacial score (nSPS) is 10.9. The fraction of sp³-hybridized carbons (Fsp3) is 0. The molecule has 17 heavy (non-hydrogen) atoms. The molecule has 0 aliphatic rings. The van der Waals surface area contributed by atoms with Crippen molar-refractivity contribution in [2.24, 2.45) is 0 Å². The Morgan fingerprint density at radius 2 is 1.76 bits per heavy atom. The molecular formula is C12H8BrN3O. The van der Waals surface area contributed by atoms with Crippen molar-refractivity contribution >= 4 is 21.6 Å². The van der Waals surface area contributed by atoms with Gasteiger partial charge < -0.3 is 5.11 Å². The van der Waals surface area contributed by atoms with E-state index in [0.717, 1.165) is 10.0 Å². The van der Waals surface area contributed by atoms with Crippen molar-refractivity contribution in [1.29, 1.82) is 0 Å². The minimum absolute atomic E-state index is 0.190. The molecule has 0 spiro atoms. The lowest BCUT2D eigenvalue weighted by Gasteiger charge is -2.00. The van der Waals surface area contributed by atoms with E-state index >= 15 is 0 Å². The molecule has 3 aromatic rings. The zero-order valence-electron chi connectivity index (χ0n) is 8.71. The molecule has 0 saturated heterocycles. The summed E-state index contributed by atoms with van der Waals surface area (Å²) in [7, 11) is 0. The summed E-state index contributed by atoms with van der Waals surface area (Å²) < 4.78 is 2.77. The minimum Gasteiger partial charge on any atom is -0.506 e. The van der Waals surface area contributed by atoms with Gasteiger partial charge in [-0.05, 0) is 24.3 Å². The number of nitrogens with zero attached hydrogens (tertiary/aromatic N) is 3. The summed E-state index contributed by atoms with van der Waals surface area (Å²) >= 11 is 3.39. The molecule has 0 radical (unpaired) electrons. The van der Waals surface area contributed by atoms with Gasteiger partial charge in [0.05, 0.1) is 6.20 Å². The van der Waals surface area contributed by atoms with E-state index in [2.05, 4.69) is 26.1 Å². The third-order valence-electron chi connectivity index (χ3n) is 2.49. The predicted molar refractivity (Wildman–Crippen MR) is 67.8 cm³/mol. The number of benzene rings is 1. The van der Waals surface area contributed by atoms with Gasteiger partial charge in [-0.1, -0.05) is 28.1 Å². The van der Waals surface area contributed by atoms with E-state index in [9.17, 15) is 5.11 Å². The first-order valence-corrected chi connectivity index (χ1v) is 5.83. The first-order valence-electron chi connectivity index (χ1n) is 5.04. The Morgan fingerprint density at radius 3 is 2.53 bits per heavy atom.